The number of hydrogen-bond acceptors (Lipinski definition) is 4. The largest absolute Gasteiger partial charge is 0.465 e. The topological polar surface area (TPSA) is 47.6 Å². The number of carbonyl (C=O) groups is 1. The second-order valence-electron chi connectivity index (χ2n) is 7.11. The molecular weight excluding hydrogens is 326 g/mol. The van der Waals surface area contributed by atoms with Gasteiger partial charge in [-0.2, -0.15) is 0 Å². The van der Waals surface area contributed by atoms with Crippen molar-refractivity contribution >= 4 is 11.7 Å². The van der Waals surface area contributed by atoms with Crippen LogP contribution in [0.25, 0.3) is 0 Å². The number of carbonyl (C=O) groups excluding carboxylic acids is 1. The smallest absolute Gasteiger partial charge is 0.337 e. The highest BCUT2D eigenvalue weighted by molar-refractivity contribution is 5.89. The Morgan fingerprint density at radius 1 is 1.23 bits per heavy atom. The summed E-state index contributed by atoms with van der Waals surface area (Å²) in [5.41, 5.74) is 5.56. The molecule has 2 aliphatic heterocycles. The van der Waals surface area contributed by atoms with Crippen molar-refractivity contribution < 1.29 is 14.3 Å². The van der Waals surface area contributed by atoms with Gasteiger partial charge in [0.2, 0.25) is 0 Å². The number of ether oxygens (including phenoxy) is 2. The monoisotopic (exact) mass is 351 g/mol. The molecule has 3 atom stereocenters. The number of rotatable bonds is 3. The third-order valence-electron chi connectivity index (χ3n) is 5.63. The van der Waals surface area contributed by atoms with Crippen molar-refractivity contribution in [2.24, 2.45) is 5.92 Å². The molecule has 0 spiro atoms. The van der Waals surface area contributed by atoms with Crippen LogP contribution in [0.15, 0.2) is 42.5 Å². The lowest BCUT2D eigenvalue weighted by molar-refractivity contribution is -0.0381. The Morgan fingerprint density at radius 3 is 2.77 bits per heavy atom. The van der Waals surface area contributed by atoms with E-state index in [-0.39, 0.29) is 18.1 Å². The van der Waals surface area contributed by atoms with Gasteiger partial charge in [0.15, 0.2) is 0 Å². The second kappa shape index (κ2) is 7.12. The van der Waals surface area contributed by atoms with Gasteiger partial charge in [0.25, 0.3) is 0 Å². The van der Waals surface area contributed by atoms with Gasteiger partial charge in [-0.15, -0.1) is 0 Å². The van der Waals surface area contributed by atoms with Crippen LogP contribution in [0.2, 0.25) is 0 Å². The van der Waals surface area contributed by atoms with Crippen LogP contribution in [0.4, 0.5) is 5.69 Å². The van der Waals surface area contributed by atoms with Crippen LogP contribution < -0.4 is 5.32 Å². The molecule has 0 amide bonds. The molecule has 2 aromatic rings. The van der Waals surface area contributed by atoms with Gasteiger partial charge < -0.3 is 14.8 Å². The number of methoxy groups -OCH3 is 1. The van der Waals surface area contributed by atoms with Crippen molar-refractivity contribution in [2.45, 2.75) is 38.3 Å². The summed E-state index contributed by atoms with van der Waals surface area (Å²) in [6, 6.07) is 14.6. The molecule has 2 heterocycles. The molecule has 4 nitrogen and oxygen atoms in total. The number of anilines is 1. The number of esters is 1. The number of benzene rings is 2. The van der Waals surface area contributed by atoms with E-state index in [1.165, 1.54) is 23.8 Å². The highest BCUT2D eigenvalue weighted by Gasteiger charge is 2.39. The zero-order chi connectivity index (χ0) is 18.1. The van der Waals surface area contributed by atoms with Crippen molar-refractivity contribution in [3.63, 3.8) is 0 Å². The molecule has 136 valence electrons. The predicted octanol–water partition coefficient (Wildman–Crippen LogP) is 4.67. The fraction of sp³-hybridized carbons (Fsp3) is 0.409. The first kappa shape index (κ1) is 17.1. The molecule has 1 N–H and O–H groups in total. The quantitative estimate of drug-likeness (QED) is 0.817. The molecule has 3 unspecified atom stereocenters. The molecule has 0 saturated carbocycles. The van der Waals surface area contributed by atoms with E-state index in [0.29, 0.717) is 11.5 Å². The molecule has 4 rings (SSSR count). The third kappa shape index (κ3) is 2.99. The van der Waals surface area contributed by atoms with Gasteiger partial charge in [-0.1, -0.05) is 31.2 Å². The first-order valence-electron chi connectivity index (χ1n) is 9.40. The maximum Gasteiger partial charge on any atom is 0.337 e. The Balaban J connectivity index is 1.69. The van der Waals surface area contributed by atoms with Gasteiger partial charge in [0.1, 0.15) is 0 Å². The molecule has 4 heteroatoms. The highest BCUT2D eigenvalue weighted by Crippen LogP contribution is 2.49. The summed E-state index contributed by atoms with van der Waals surface area (Å²) < 4.78 is 11.0. The van der Waals surface area contributed by atoms with Gasteiger partial charge in [-0.25, -0.2) is 4.79 Å². The molecule has 0 bridgehead atoms. The predicted molar refractivity (Wildman–Crippen MR) is 101 cm³/mol. The standard InChI is InChI=1S/C22H25NO3/c1-3-14-6-11-19-18(13-14)21-17(5-4-12-26-21)20(23-19)15-7-9-16(10-8-15)22(24)25-2/h6-11,13,17,20-21,23H,3-5,12H2,1-2H3. The Bertz CT molecular complexity index is 800. The summed E-state index contributed by atoms with van der Waals surface area (Å²) in [4.78, 5) is 11.7. The molecule has 0 aliphatic carbocycles. The normalized spacial score (nSPS) is 24.2. The number of nitrogens with one attached hydrogen (secondary N) is 1. The van der Waals surface area contributed by atoms with Crippen LogP contribution in [0, 0.1) is 5.92 Å². The lowest BCUT2D eigenvalue weighted by atomic mass is 9.77. The molecule has 26 heavy (non-hydrogen) atoms. The molecule has 1 fully saturated rings. The maximum atomic E-state index is 11.7. The molecule has 1 saturated heterocycles. The van der Waals surface area contributed by atoms with E-state index in [1.807, 2.05) is 24.3 Å². The first-order chi connectivity index (χ1) is 12.7. The molecule has 2 aliphatic rings. The molecule has 0 radical (unpaired) electrons. The lowest BCUT2D eigenvalue weighted by Gasteiger charge is -2.43. The Labute approximate surface area is 154 Å². The summed E-state index contributed by atoms with van der Waals surface area (Å²) >= 11 is 0. The summed E-state index contributed by atoms with van der Waals surface area (Å²) in [7, 11) is 1.41. The Kier molecular flexibility index (Phi) is 4.68. The summed E-state index contributed by atoms with van der Waals surface area (Å²) in [6.45, 7) is 3.01. The molecule has 2 aromatic carbocycles. The van der Waals surface area contributed by atoms with Crippen LogP contribution in [-0.4, -0.2) is 19.7 Å². The fourth-order valence-electron chi connectivity index (χ4n) is 4.21. The van der Waals surface area contributed by atoms with Crippen molar-refractivity contribution in [1.82, 2.24) is 0 Å². The Morgan fingerprint density at radius 2 is 2.04 bits per heavy atom. The van der Waals surface area contributed by atoms with Crippen molar-refractivity contribution in [2.75, 3.05) is 19.0 Å². The van der Waals surface area contributed by atoms with Crippen molar-refractivity contribution in [3.05, 3.63) is 64.7 Å². The van der Waals surface area contributed by atoms with Crippen LogP contribution >= 0.6 is 0 Å². The van der Waals surface area contributed by atoms with Crippen molar-refractivity contribution in [3.8, 4) is 0 Å². The minimum Gasteiger partial charge on any atom is -0.465 e. The summed E-state index contributed by atoms with van der Waals surface area (Å²) in [5.74, 6) is 0.0943. The highest BCUT2D eigenvalue weighted by atomic mass is 16.5. The average molecular weight is 351 g/mol. The summed E-state index contributed by atoms with van der Waals surface area (Å²) in [6.07, 6.45) is 3.39. The van der Waals surface area contributed by atoms with Gasteiger partial charge in [0, 0.05) is 23.8 Å². The number of aryl methyl sites for hydroxylation is 1. The minimum atomic E-state index is -0.301. The number of hydrogen-bond donors (Lipinski definition) is 1. The Hall–Kier alpha value is -2.33. The first-order valence-corrected chi connectivity index (χ1v) is 9.40. The lowest BCUT2D eigenvalue weighted by Crippen LogP contribution is -2.36. The van der Waals surface area contributed by atoms with Gasteiger partial charge in [0.05, 0.1) is 24.8 Å². The van der Waals surface area contributed by atoms with Gasteiger partial charge in [-0.3, -0.25) is 0 Å². The third-order valence-corrected chi connectivity index (χ3v) is 5.63. The van der Waals surface area contributed by atoms with E-state index < -0.39 is 0 Å². The van der Waals surface area contributed by atoms with E-state index in [9.17, 15) is 4.79 Å². The number of fused-ring (bicyclic) bond motifs is 3. The molecular formula is C22H25NO3. The van der Waals surface area contributed by atoms with Crippen molar-refractivity contribution in [1.29, 1.82) is 0 Å². The van der Waals surface area contributed by atoms with Crippen LogP contribution in [-0.2, 0) is 15.9 Å². The maximum absolute atomic E-state index is 11.7. The SMILES string of the molecule is CCc1ccc2c(c1)C1OCCCC1C(c1ccc(C(=O)OC)cc1)N2. The van der Waals surface area contributed by atoms with Gasteiger partial charge >= 0.3 is 5.97 Å². The summed E-state index contributed by atoms with van der Waals surface area (Å²) in [5, 5.41) is 3.73. The van der Waals surface area contributed by atoms with E-state index in [0.717, 1.165) is 31.6 Å². The zero-order valence-corrected chi connectivity index (χ0v) is 15.3. The van der Waals surface area contributed by atoms with E-state index in [4.69, 9.17) is 9.47 Å². The second-order valence-corrected chi connectivity index (χ2v) is 7.11. The fourth-order valence-corrected chi connectivity index (χ4v) is 4.21. The van der Waals surface area contributed by atoms with E-state index in [1.54, 1.807) is 0 Å². The van der Waals surface area contributed by atoms with Crippen LogP contribution in [0.1, 0.15) is 59.0 Å². The van der Waals surface area contributed by atoms with E-state index >= 15 is 0 Å². The minimum absolute atomic E-state index is 0.136. The van der Waals surface area contributed by atoms with Gasteiger partial charge in [-0.05, 0) is 48.6 Å². The van der Waals surface area contributed by atoms with E-state index in [2.05, 4.69) is 30.4 Å². The van der Waals surface area contributed by atoms with Crippen LogP contribution in [0.3, 0.4) is 0 Å². The average Bonchev–Trinajstić information content (AvgIpc) is 2.72. The molecule has 0 aromatic heterocycles. The zero-order valence-electron chi connectivity index (χ0n) is 15.3. The van der Waals surface area contributed by atoms with Crippen LogP contribution in [0.5, 0.6) is 0 Å².